The molecule has 4 nitrogen and oxygen atoms in total. The molecule has 1 heterocycles. The summed E-state index contributed by atoms with van der Waals surface area (Å²) in [4.78, 5) is 25.9. The number of aromatic nitrogens is 1. The molecule has 0 bridgehead atoms. The first-order valence-electron chi connectivity index (χ1n) is 4.52. The Morgan fingerprint density at radius 3 is 2.88 bits per heavy atom. The summed E-state index contributed by atoms with van der Waals surface area (Å²) in [5, 5.41) is 0.464. The molecule has 0 radical (unpaired) electrons. The van der Waals surface area contributed by atoms with Gasteiger partial charge in [0.25, 0.3) is 0 Å². The Balaban J connectivity index is 2.79. The molecule has 0 saturated heterocycles. The highest BCUT2D eigenvalue weighted by molar-refractivity contribution is 9.10. The van der Waals surface area contributed by atoms with Crippen molar-refractivity contribution in [3.8, 4) is 0 Å². The van der Waals surface area contributed by atoms with Crippen LogP contribution in [0.25, 0.3) is 10.9 Å². The van der Waals surface area contributed by atoms with Crippen molar-refractivity contribution in [2.24, 2.45) is 0 Å². The van der Waals surface area contributed by atoms with E-state index in [1.165, 1.54) is 19.2 Å². The third-order valence-electron chi connectivity index (χ3n) is 2.25. The van der Waals surface area contributed by atoms with Crippen molar-refractivity contribution >= 4 is 32.8 Å². The van der Waals surface area contributed by atoms with Gasteiger partial charge in [-0.25, -0.2) is 4.79 Å². The molecular formula is C11H8BrNO3. The van der Waals surface area contributed by atoms with Crippen LogP contribution >= 0.6 is 15.9 Å². The molecule has 1 aromatic carbocycles. The molecule has 2 rings (SSSR count). The van der Waals surface area contributed by atoms with Crippen molar-refractivity contribution in [3.63, 3.8) is 0 Å². The number of pyridine rings is 1. The second kappa shape index (κ2) is 4.09. The Morgan fingerprint density at radius 2 is 2.19 bits per heavy atom. The Bertz CT molecular complexity index is 618. The van der Waals surface area contributed by atoms with Gasteiger partial charge in [-0.3, -0.25) is 4.79 Å². The van der Waals surface area contributed by atoms with Crippen LogP contribution in [0.5, 0.6) is 0 Å². The molecule has 0 saturated carbocycles. The Labute approximate surface area is 99.4 Å². The molecule has 0 aliphatic rings. The smallest absolute Gasteiger partial charge is 0.339 e. The number of esters is 1. The van der Waals surface area contributed by atoms with Gasteiger partial charge < -0.3 is 9.72 Å². The number of nitrogens with one attached hydrogen (secondary N) is 1. The lowest BCUT2D eigenvalue weighted by atomic mass is 10.1. The van der Waals surface area contributed by atoms with E-state index in [-0.39, 0.29) is 5.43 Å². The fourth-order valence-electron chi connectivity index (χ4n) is 1.46. The monoisotopic (exact) mass is 281 g/mol. The minimum Gasteiger partial charge on any atom is -0.465 e. The number of rotatable bonds is 1. The molecule has 0 atom stereocenters. The molecule has 2 aromatic rings. The third-order valence-corrected chi connectivity index (χ3v) is 2.91. The van der Waals surface area contributed by atoms with Gasteiger partial charge in [0.1, 0.15) is 0 Å². The topological polar surface area (TPSA) is 59.2 Å². The van der Waals surface area contributed by atoms with Crippen LogP contribution in [0.1, 0.15) is 10.4 Å². The van der Waals surface area contributed by atoms with Crippen LogP contribution in [0.4, 0.5) is 0 Å². The molecule has 1 N–H and O–H groups in total. The van der Waals surface area contributed by atoms with E-state index in [0.29, 0.717) is 20.9 Å². The van der Waals surface area contributed by atoms with Crippen molar-refractivity contribution in [1.82, 2.24) is 4.98 Å². The third kappa shape index (κ3) is 1.74. The maximum atomic E-state index is 11.6. The van der Waals surface area contributed by atoms with Crippen molar-refractivity contribution in [2.45, 2.75) is 0 Å². The van der Waals surface area contributed by atoms with Gasteiger partial charge in [0.05, 0.1) is 18.2 Å². The van der Waals surface area contributed by atoms with Gasteiger partial charge in [-0.1, -0.05) is 0 Å². The van der Waals surface area contributed by atoms with E-state index in [9.17, 15) is 9.59 Å². The predicted molar refractivity (Wildman–Crippen MR) is 63.6 cm³/mol. The zero-order valence-electron chi connectivity index (χ0n) is 8.41. The molecule has 5 heteroatoms. The van der Waals surface area contributed by atoms with Gasteiger partial charge in [0.2, 0.25) is 0 Å². The maximum absolute atomic E-state index is 11.6. The number of hydrogen-bond acceptors (Lipinski definition) is 3. The number of carbonyl (C=O) groups excluding carboxylic acids is 1. The number of H-pyrrole nitrogens is 1. The Kier molecular flexibility index (Phi) is 2.78. The lowest BCUT2D eigenvalue weighted by Crippen LogP contribution is -2.06. The van der Waals surface area contributed by atoms with E-state index in [1.807, 2.05) is 0 Å². The van der Waals surface area contributed by atoms with Gasteiger partial charge in [-0.05, 0) is 28.1 Å². The molecular weight excluding hydrogens is 274 g/mol. The zero-order chi connectivity index (χ0) is 11.7. The van der Waals surface area contributed by atoms with Crippen LogP contribution in [0.15, 0.2) is 33.7 Å². The summed E-state index contributed by atoms with van der Waals surface area (Å²) in [5.74, 6) is -0.475. The first kappa shape index (κ1) is 10.9. The number of benzene rings is 1. The van der Waals surface area contributed by atoms with Crippen LogP contribution in [0.2, 0.25) is 0 Å². The number of carbonyl (C=O) groups is 1. The van der Waals surface area contributed by atoms with Crippen molar-refractivity contribution < 1.29 is 9.53 Å². The van der Waals surface area contributed by atoms with Gasteiger partial charge in [-0.15, -0.1) is 0 Å². The van der Waals surface area contributed by atoms with Crippen molar-refractivity contribution in [1.29, 1.82) is 0 Å². The maximum Gasteiger partial charge on any atom is 0.339 e. The first-order valence-corrected chi connectivity index (χ1v) is 5.32. The summed E-state index contributed by atoms with van der Waals surface area (Å²) < 4.78 is 5.22. The minimum absolute atomic E-state index is 0.133. The van der Waals surface area contributed by atoms with Crippen LogP contribution in [0.3, 0.4) is 0 Å². The molecule has 1 aromatic heterocycles. The van der Waals surface area contributed by atoms with E-state index in [4.69, 9.17) is 0 Å². The average Bonchev–Trinajstić information content (AvgIpc) is 2.28. The predicted octanol–water partition coefficient (Wildman–Crippen LogP) is 2.08. The largest absolute Gasteiger partial charge is 0.465 e. The molecule has 0 aliphatic carbocycles. The van der Waals surface area contributed by atoms with E-state index < -0.39 is 5.97 Å². The fraction of sp³-hybridized carbons (Fsp3) is 0.0909. The summed E-state index contributed by atoms with van der Waals surface area (Å²) in [5.41, 5.74) is 0.880. The quantitative estimate of drug-likeness (QED) is 0.815. The number of aromatic amines is 1. The molecule has 0 unspecified atom stereocenters. The van der Waals surface area contributed by atoms with E-state index >= 15 is 0 Å². The SMILES string of the molecule is COC(=O)c1cc2c(=O)cc[nH]c2cc1Br. The molecule has 0 aliphatic heterocycles. The summed E-state index contributed by atoms with van der Waals surface area (Å²) >= 11 is 3.26. The van der Waals surface area contributed by atoms with E-state index in [1.54, 1.807) is 12.3 Å². The minimum atomic E-state index is -0.475. The standard InChI is InChI=1S/C11H8BrNO3/c1-16-11(15)6-4-7-9(5-8(6)12)13-3-2-10(7)14/h2-5H,1H3,(H,13,14). The number of halogens is 1. The summed E-state index contributed by atoms with van der Waals surface area (Å²) in [7, 11) is 1.30. The number of fused-ring (bicyclic) bond motifs is 1. The lowest BCUT2D eigenvalue weighted by Gasteiger charge is -2.04. The molecule has 0 fully saturated rings. The first-order chi connectivity index (χ1) is 7.63. The van der Waals surface area contributed by atoms with Crippen LogP contribution < -0.4 is 5.43 Å². The summed E-state index contributed by atoms with van der Waals surface area (Å²) in [6.07, 6.45) is 1.56. The highest BCUT2D eigenvalue weighted by Gasteiger charge is 2.12. The number of hydrogen-bond donors (Lipinski definition) is 1. The van der Waals surface area contributed by atoms with Crippen molar-refractivity contribution in [2.75, 3.05) is 7.11 Å². The molecule has 0 spiro atoms. The highest BCUT2D eigenvalue weighted by atomic mass is 79.9. The van der Waals surface area contributed by atoms with E-state index in [0.717, 1.165) is 0 Å². The fourth-order valence-corrected chi connectivity index (χ4v) is 1.97. The van der Waals surface area contributed by atoms with Gasteiger partial charge >= 0.3 is 5.97 Å². The Hall–Kier alpha value is -1.62. The van der Waals surface area contributed by atoms with Gasteiger partial charge in [-0.2, -0.15) is 0 Å². The second-order valence-electron chi connectivity index (χ2n) is 3.21. The molecule has 16 heavy (non-hydrogen) atoms. The summed E-state index contributed by atoms with van der Waals surface area (Å²) in [6, 6.07) is 4.62. The molecule has 0 amide bonds. The normalized spacial score (nSPS) is 10.4. The molecule has 82 valence electrons. The van der Waals surface area contributed by atoms with E-state index in [2.05, 4.69) is 25.7 Å². The number of ether oxygens (including phenoxy) is 1. The van der Waals surface area contributed by atoms with Crippen LogP contribution in [-0.4, -0.2) is 18.1 Å². The van der Waals surface area contributed by atoms with Crippen LogP contribution in [-0.2, 0) is 4.74 Å². The van der Waals surface area contributed by atoms with Gasteiger partial charge in [0, 0.05) is 22.1 Å². The Morgan fingerprint density at radius 1 is 1.44 bits per heavy atom. The van der Waals surface area contributed by atoms with Crippen molar-refractivity contribution in [3.05, 3.63) is 44.7 Å². The number of methoxy groups -OCH3 is 1. The highest BCUT2D eigenvalue weighted by Crippen LogP contribution is 2.22. The zero-order valence-corrected chi connectivity index (χ0v) is 10.00. The van der Waals surface area contributed by atoms with Gasteiger partial charge in [0.15, 0.2) is 5.43 Å². The summed E-state index contributed by atoms with van der Waals surface area (Å²) in [6.45, 7) is 0. The van der Waals surface area contributed by atoms with Crippen LogP contribution in [0, 0.1) is 0 Å². The average molecular weight is 282 g/mol. The second-order valence-corrected chi connectivity index (χ2v) is 4.07. The lowest BCUT2D eigenvalue weighted by molar-refractivity contribution is 0.0600.